The zero-order chi connectivity index (χ0) is 16.3. The molecular formula is C16H20O6. The van der Waals surface area contributed by atoms with Crippen LogP contribution in [0.1, 0.15) is 30.1 Å². The maximum Gasteiger partial charge on any atom is 0.338 e. The second kappa shape index (κ2) is 6.46. The molecule has 0 radical (unpaired) electrons. The molecule has 4 unspecified atom stereocenters. The molecule has 1 aromatic carbocycles. The van der Waals surface area contributed by atoms with Gasteiger partial charge in [-0.2, -0.15) is 0 Å². The summed E-state index contributed by atoms with van der Waals surface area (Å²) in [6, 6.07) is 8.50. The molecule has 0 aliphatic heterocycles. The summed E-state index contributed by atoms with van der Waals surface area (Å²) in [7, 11) is 1.42. The van der Waals surface area contributed by atoms with Gasteiger partial charge in [0.1, 0.15) is 12.2 Å². The van der Waals surface area contributed by atoms with E-state index in [0.717, 1.165) is 0 Å². The minimum Gasteiger partial charge on any atom is -0.481 e. The number of carboxylic acids is 1. The monoisotopic (exact) mass is 308 g/mol. The number of esters is 1. The number of carbonyl (C=O) groups is 2. The molecule has 1 saturated carbocycles. The normalized spacial score (nSPS) is 31.0. The van der Waals surface area contributed by atoms with Crippen LogP contribution in [0.25, 0.3) is 0 Å². The molecule has 1 aliphatic rings. The molecule has 0 amide bonds. The van der Waals surface area contributed by atoms with Gasteiger partial charge in [-0.25, -0.2) is 4.79 Å². The highest BCUT2D eigenvalue weighted by Gasteiger charge is 2.54. The van der Waals surface area contributed by atoms with Crippen molar-refractivity contribution < 1.29 is 29.3 Å². The van der Waals surface area contributed by atoms with Crippen LogP contribution in [0.3, 0.4) is 0 Å². The van der Waals surface area contributed by atoms with E-state index in [4.69, 9.17) is 14.6 Å². The average Bonchev–Trinajstić information content (AvgIpc) is 2.69. The molecule has 120 valence electrons. The summed E-state index contributed by atoms with van der Waals surface area (Å²) in [5.41, 5.74) is -0.596. The minimum absolute atomic E-state index is 0.154. The summed E-state index contributed by atoms with van der Waals surface area (Å²) in [5, 5.41) is 19.3. The van der Waals surface area contributed by atoms with Crippen LogP contribution in [-0.2, 0) is 14.3 Å². The SMILES string of the molecule is COC1C(OC(=O)c2ccccc2)CC(O)C1(C)CC(=O)O. The Kier molecular flexibility index (Phi) is 4.83. The molecule has 0 bridgehead atoms. The van der Waals surface area contributed by atoms with Crippen molar-refractivity contribution >= 4 is 11.9 Å². The number of rotatable bonds is 5. The summed E-state index contributed by atoms with van der Waals surface area (Å²) >= 11 is 0. The van der Waals surface area contributed by atoms with E-state index < -0.39 is 35.7 Å². The molecule has 1 aliphatic carbocycles. The second-order valence-electron chi connectivity index (χ2n) is 5.79. The molecule has 2 rings (SSSR count). The molecule has 0 aromatic heterocycles. The van der Waals surface area contributed by atoms with Crippen LogP contribution in [0.2, 0.25) is 0 Å². The zero-order valence-electron chi connectivity index (χ0n) is 12.6. The number of benzene rings is 1. The van der Waals surface area contributed by atoms with Crippen LogP contribution in [0.4, 0.5) is 0 Å². The van der Waals surface area contributed by atoms with Crippen molar-refractivity contribution in [3.05, 3.63) is 35.9 Å². The fourth-order valence-corrected chi connectivity index (χ4v) is 3.08. The zero-order valence-corrected chi connectivity index (χ0v) is 12.6. The van der Waals surface area contributed by atoms with Gasteiger partial charge in [-0.3, -0.25) is 4.79 Å². The van der Waals surface area contributed by atoms with E-state index in [2.05, 4.69) is 0 Å². The number of ether oxygens (including phenoxy) is 2. The molecular weight excluding hydrogens is 288 g/mol. The van der Waals surface area contributed by atoms with E-state index in [0.29, 0.717) is 5.56 Å². The topological polar surface area (TPSA) is 93.1 Å². The summed E-state index contributed by atoms with van der Waals surface area (Å²) in [6.45, 7) is 1.64. The standard InChI is InChI=1S/C16H20O6/c1-16(9-13(18)19)12(17)8-11(14(16)21-2)22-15(20)10-6-4-3-5-7-10/h3-7,11-12,14,17H,8-9H2,1-2H3,(H,18,19). The largest absolute Gasteiger partial charge is 0.481 e. The number of aliphatic hydroxyl groups excluding tert-OH is 1. The Morgan fingerprint density at radius 3 is 2.50 bits per heavy atom. The Hall–Kier alpha value is -1.92. The fraction of sp³-hybridized carbons (Fsp3) is 0.500. The second-order valence-corrected chi connectivity index (χ2v) is 5.79. The smallest absolute Gasteiger partial charge is 0.338 e. The Morgan fingerprint density at radius 2 is 1.95 bits per heavy atom. The quantitative estimate of drug-likeness (QED) is 0.800. The Morgan fingerprint density at radius 1 is 1.32 bits per heavy atom. The van der Waals surface area contributed by atoms with Crippen molar-refractivity contribution in [1.82, 2.24) is 0 Å². The molecule has 6 nitrogen and oxygen atoms in total. The minimum atomic E-state index is -1.03. The van der Waals surface area contributed by atoms with E-state index in [9.17, 15) is 14.7 Å². The molecule has 0 saturated heterocycles. The number of aliphatic carboxylic acids is 1. The number of methoxy groups -OCH3 is 1. The van der Waals surface area contributed by atoms with Gasteiger partial charge in [0, 0.05) is 18.9 Å². The van der Waals surface area contributed by atoms with Gasteiger partial charge in [-0.1, -0.05) is 25.1 Å². The Labute approximate surface area is 128 Å². The van der Waals surface area contributed by atoms with Gasteiger partial charge in [0.25, 0.3) is 0 Å². The lowest BCUT2D eigenvalue weighted by Gasteiger charge is -2.33. The van der Waals surface area contributed by atoms with Crippen molar-refractivity contribution in [3.63, 3.8) is 0 Å². The summed E-state index contributed by atoms with van der Waals surface area (Å²) in [5.74, 6) is -1.54. The maximum atomic E-state index is 12.1. The van der Waals surface area contributed by atoms with Gasteiger partial charge in [0.2, 0.25) is 0 Å². The van der Waals surface area contributed by atoms with E-state index >= 15 is 0 Å². The number of hydrogen-bond acceptors (Lipinski definition) is 5. The lowest BCUT2D eigenvalue weighted by atomic mass is 9.81. The predicted molar refractivity (Wildman–Crippen MR) is 77.4 cm³/mol. The molecule has 6 heteroatoms. The van der Waals surface area contributed by atoms with Crippen molar-refractivity contribution in [2.75, 3.05) is 7.11 Å². The van der Waals surface area contributed by atoms with Crippen molar-refractivity contribution in [2.45, 2.75) is 38.1 Å². The maximum absolute atomic E-state index is 12.1. The van der Waals surface area contributed by atoms with E-state index in [1.165, 1.54) is 7.11 Å². The summed E-state index contributed by atoms with van der Waals surface area (Å²) in [6.07, 6.45) is -2.38. The van der Waals surface area contributed by atoms with Gasteiger partial charge < -0.3 is 19.7 Å². The van der Waals surface area contributed by atoms with Crippen molar-refractivity contribution in [3.8, 4) is 0 Å². The van der Waals surface area contributed by atoms with Gasteiger partial charge in [-0.05, 0) is 12.1 Å². The Balaban J connectivity index is 2.15. The van der Waals surface area contributed by atoms with Gasteiger partial charge >= 0.3 is 11.9 Å². The third kappa shape index (κ3) is 3.13. The number of aliphatic hydroxyl groups is 1. The predicted octanol–water partition coefficient (Wildman–Crippen LogP) is 1.47. The summed E-state index contributed by atoms with van der Waals surface area (Å²) < 4.78 is 10.8. The third-order valence-electron chi connectivity index (χ3n) is 4.26. The highest BCUT2D eigenvalue weighted by atomic mass is 16.6. The molecule has 1 aromatic rings. The molecule has 22 heavy (non-hydrogen) atoms. The number of carbonyl (C=O) groups excluding carboxylic acids is 1. The fourth-order valence-electron chi connectivity index (χ4n) is 3.08. The van der Waals surface area contributed by atoms with Crippen LogP contribution < -0.4 is 0 Å². The Bertz CT molecular complexity index is 543. The lowest BCUT2D eigenvalue weighted by Crippen LogP contribution is -2.42. The molecule has 0 heterocycles. The highest BCUT2D eigenvalue weighted by molar-refractivity contribution is 5.89. The third-order valence-corrected chi connectivity index (χ3v) is 4.26. The first-order valence-electron chi connectivity index (χ1n) is 7.07. The number of hydrogen-bond donors (Lipinski definition) is 2. The van der Waals surface area contributed by atoms with Gasteiger partial charge in [-0.15, -0.1) is 0 Å². The molecule has 4 atom stereocenters. The van der Waals surface area contributed by atoms with Crippen molar-refractivity contribution in [2.24, 2.45) is 5.41 Å². The van der Waals surface area contributed by atoms with E-state index in [1.807, 2.05) is 0 Å². The van der Waals surface area contributed by atoms with E-state index in [1.54, 1.807) is 37.3 Å². The lowest BCUT2D eigenvalue weighted by molar-refractivity contribution is -0.145. The first kappa shape index (κ1) is 16.5. The van der Waals surface area contributed by atoms with Gasteiger partial charge in [0.05, 0.1) is 18.1 Å². The average molecular weight is 308 g/mol. The molecule has 2 N–H and O–H groups in total. The highest BCUT2D eigenvalue weighted by Crippen LogP contribution is 2.44. The van der Waals surface area contributed by atoms with Crippen LogP contribution in [0.5, 0.6) is 0 Å². The molecule has 0 spiro atoms. The number of carboxylic acid groups (broad SMARTS) is 1. The van der Waals surface area contributed by atoms with Crippen LogP contribution in [-0.4, -0.2) is 47.6 Å². The van der Waals surface area contributed by atoms with Crippen LogP contribution in [0.15, 0.2) is 30.3 Å². The van der Waals surface area contributed by atoms with Crippen molar-refractivity contribution in [1.29, 1.82) is 0 Å². The van der Waals surface area contributed by atoms with Crippen LogP contribution >= 0.6 is 0 Å². The van der Waals surface area contributed by atoms with E-state index in [-0.39, 0.29) is 12.8 Å². The first-order chi connectivity index (χ1) is 10.4. The molecule has 1 fully saturated rings. The van der Waals surface area contributed by atoms with Crippen LogP contribution in [0, 0.1) is 5.41 Å². The first-order valence-corrected chi connectivity index (χ1v) is 7.07. The summed E-state index contributed by atoms with van der Waals surface area (Å²) in [4.78, 5) is 23.2. The van der Waals surface area contributed by atoms with Gasteiger partial charge in [0.15, 0.2) is 0 Å².